The maximum atomic E-state index is 10.5. The number of benzene rings is 1. The minimum Gasteiger partial charge on any atom is -0.508 e. The molecular formula is C6H6KO5S. The van der Waals surface area contributed by atoms with Crippen LogP contribution in [0.25, 0.3) is 0 Å². The third kappa shape index (κ3) is 3.54. The van der Waals surface area contributed by atoms with E-state index in [1.165, 1.54) is 0 Å². The van der Waals surface area contributed by atoms with E-state index in [9.17, 15) is 8.42 Å². The Bertz CT molecular complexity index is 399. The predicted molar refractivity (Wildman–Crippen MR) is 45.3 cm³/mol. The molecule has 7 heteroatoms. The van der Waals surface area contributed by atoms with Gasteiger partial charge < -0.3 is 10.2 Å². The molecule has 0 aliphatic rings. The molecule has 1 aromatic rings. The van der Waals surface area contributed by atoms with Crippen LogP contribution >= 0.6 is 0 Å². The van der Waals surface area contributed by atoms with E-state index in [-0.39, 0.29) is 57.1 Å². The summed E-state index contributed by atoms with van der Waals surface area (Å²) in [7, 11) is -4.47. The molecule has 0 aromatic heterocycles. The summed E-state index contributed by atoms with van der Waals surface area (Å²) in [6, 6.07) is 2.83. The molecule has 0 unspecified atom stereocenters. The van der Waals surface area contributed by atoms with Gasteiger partial charge in [0.05, 0.1) is 0 Å². The standard InChI is InChI=1S/C6H6O5S.K/c7-4-1-2-5(8)6(3-4)12(9,10)11;/h1-3,7-8H,(H,9,10,11);. The number of aromatic hydroxyl groups is 2. The van der Waals surface area contributed by atoms with Gasteiger partial charge in [0.1, 0.15) is 16.4 Å². The van der Waals surface area contributed by atoms with Crippen molar-refractivity contribution < 1.29 is 23.2 Å². The Morgan fingerprint density at radius 1 is 1.15 bits per heavy atom. The molecule has 0 fully saturated rings. The van der Waals surface area contributed by atoms with Crippen molar-refractivity contribution in [2.24, 2.45) is 0 Å². The van der Waals surface area contributed by atoms with Crippen molar-refractivity contribution in [2.75, 3.05) is 0 Å². The molecule has 5 nitrogen and oxygen atoms in total. The Kier molecular flexibility index (Phi) is 4.87. The first kappa shape index (κ1) is 13.4. The van der Waals surface area contributed by atoms with E-state index in [4.69, 9.17) is 14.8 Å². The van der Waals surface area contributed by atoms with Crippen LogP contribution < -0.4 is 0 Å². The van der Waals surface area contributed by atoms with Crippen molar-refractivity contribution in [3.05, 3.63) is 18.2 Å². The Labute approximate surface area is 118 Å². The van der Waals surface area contributed by atoms with E-state index in [0.717, 1.165) is 18.2 Å². The Morgan fingerprint density at radius 2 is 1.69 bits per heavy atom. The van der Waals surface area contributed by atoms with Crippen LogP contribution in [0.5, 0.6) is 11.5 Å². The van der Waals surface area contributed by atoms with Crippen LogP contribution in [0, 0.1) is 0 Å². The minimum absolute atomic E-state index is 0. The first-order valence-corrected chi connectivity index (χ1v) is 4.35. The van der Waals surface area contributed by atoms with Gasteiger partial charge in [0.15, 0.2) is 0 Å². The van der Waals surface area contributed by atoms with Crippen LogP contribution in [0.15, 0.2) is 23.1 Å². The molecule has 0 amide bonds. The first-order valence-electron chi connectivity index (χ1n) is 2.91. The topological polar surface area (TPSA) is 94.8 Å². The summed E-state index contributed by atoms with van der Waals surface area (Å²) in [5, 5.41) is 17.7. The van der Waals surface area contributed by atoms with Gasteiger partial charge in [0.2, 0.25) is 0 Å². The van der Waals surface area contributed by atoms with Crippen LogP contribution in [0.3, 0.4) is 0 Å². The molecule has 0 heterocycles. The summed E-state index contributed by atoms with van der Waals surface area (Å²) >= 11 is 0. The van der Waals surface area contributed by atoms with E-state index < -0.39 is 20.8 Å². The number of phenols is 2. The van der Waals surface area contributed by atoms with E-state index in [0.29, 0.717) is 0 Å². The number of rotatable bonds is 1. The second-order valence-electron chi connectivity index (χ2n) is 2.13. The molecule has 0 spiro atoms. The van der Waals surface area contributed by atoms with Crippen molar-refractivity contribution in [1.29, 1.82) is 0 Å². The van der Waals surface area contributed by atoms with Gasteiger partial charge >= 0.3 is 0 Å². The summed E-state index contributed by atoms with van der Waals surface area (Å²) in [5.74, 6) is -0.948. The molecule has 1 rings (SSSR count). The quantitative estimate of drug-likeness (QED) is 0.357. The monoisotopic (exact) mass is 229 g/mol. The maximum absolute atomic E-state index is 10.5. The summed E-state index contributed by atoms with van der Waals surface area (Å²) in [4.78, 5) is -0.706. The smallest absolute Gasteiger partial charge is 0.298 e. The predicted octanol–water partition coefficient (Wildman–Crippen LogP) is -0.0363. The summed E-state index contributed by atoms with van der Waals surface area (Å²) < 4.78 is 29.5. The normalized spacial score (nSPS) is 10.5. The van der Waals surface area contributed by atoms with Crippen LogP contribution in [0.4, 0.5) is 0 Å². The second-order valence-corrected chi connectivity index (χ2v) is 3.52. The van der Waals surface area contributed by atoms with Gasteiger partial charge in [0, 0.05) is 57.5 Å². The van der Waals surface area contributed by atoms with Crippen molar-refractivity contribution in [3.8, 4) is 11.5 Å². The van der Waals surface area contributed by atoms with E-state index in [2.05, 4.69) is 0 Å². The summed E-state index contributed by atoms with van der Waals surface area (Å²) in [5.41, 5.74) is 0. The number of hydrogen-bond donors (Lipinski definition) is 3. The van der Waals surface area contributed by atoms with E-state index in [1.54, 1.807) is 0 Å². The zero-order chi connectivity index (χ0) is 9.35. The molecule has 3 N–H and O–H groups in total. The Hall–Kier alpha value is 0.366. The third-order valence-corrected chi connectivity index (χ3v) is 2.10. The molecule has 0 aliphatic heterocycles. The van der Waals surface area contributed by atoms with Crippen LogP contribution in [0.1, 0.15) is 0 Å². The zero-order valence-electron chi connectivity index (χ0n) is 6.80. The molecule has 1 aromatic carbocycles. The van der Waals surface area contributed by atoms with E-state index in [1.807, 2.05) is 0 Å². The fraction of sp³-hybridized carbons (Fsp3) is 0. The number of phenolic OH excluding ortho intramolecular Hbond substituents is 2. The fourth-order valence-corrected chi connectivity index (χ4v) is 1.31. The largest absolute Gasteiger partial charge is 0.508 e. The van der Waals surface area contributed by atoms with Crippen molar-refractivity contribution >= 4 is 61.5 Å². The van der Waals surface area contributed by atoms with Gasteiger partial charge in [-0.25, -0.2) is 0 Å². The molecule has 0 saturated heterocycles. The molecular weight excluding hydrogens is 223 g/mol. The van der Waals surface area contributed by atoms with Gasteiger partial charge in [0.25, 0.3) is 10.1 Å². The van der Waals surface area contributed by atoms with Gasteiger partial charge in [-0.05, 0) is 12.1 Å². The van der Waals surface area contributed by atoms with Crippen LogP contribution in [-0.4, -0.2) is 74.6 Å². The summed E-state index contributed by atoms with van der Waals surface area (Å²) in [6.07, 6.45) is 0. The zero-order valence-corrected chi connectivity index (χ0v) is 10.7. The molecule has 0 saturated carbocycles. The van der Waals surface area contributed by atoms with Gasteiger partial charge in [-0.15, -0.1) is 0 Å². The van der Waals surface area contributed by atoms with E-state index >= 15 is 0 Å². The molecule has 1 radical (unpaired) electrons. The minimum atomic E-state index is -4.47. The van der Waals surface area contributed by atoms with Crippen molar-refractivity contribution in [2.45, 2.75) is 4.90 Å². The van der Waals surface area contributed by atoms with Crippen molar-refractivity contribution in [3.63, 3.8) is 0 Å². The fourth-order valence-electron chi connectivity index (χ4n) is 0.709. The summed E-state index contributed by atoms with van der Waals surface area (Å²) in [6.45, 7) is 0. The second kappa shape index (κ2) is 4.74. The maximum Gasteiger partial charge on any atom is 0.298 e. The first-order chi connectivity index (χ1) is 5.41. The van der Waals surface area contributed by atoms with Gasteiger partial charge in [-0.3, -0.25) is 4.55 Å². The average Bonchev–Trinajstić information content (AvgIpc) is 1.92. The Morgan fingerprint density at radius 3 is 2.08 bits per heavy atom. The molecule has 0 aliphatic carbocycles. The molecule has 0 atom stereocenters. The van der Waals surface area contributed by atoms with Crippen LogP contribution in [0.2, 0.25) is 0 Å². The molecule has 0 bridgehead atoms. The molecule has 13 heavy (non-hydrogen) atoms. The number of hydrogen-bond acceptors (Lipinski definition) is 4. The SMILES string of the molecule is O=S(=O)(O)c1cc(O)ccc1O.[K]. The van der Waals surface area contributed by atoms with Gasteiger partial charge in [-0.2, -0.15) is 8.42 Å². The third-order valence-electron chi connectivity index (χ3n) is 1.22. The molecule has 67 valence electrons. The van der Waals surface area contributed by atoms with Crippen LogP contribution in [-0.2, 0) is 10.1 Å². The van der Waals surface area contributed by atoms with Crippen molar-refractivity contribution in [1.82, 2.24) is 0 Å². The Balaban J connectivity index is 0.00000144. The van der Waals surface area contributed by atoms with Gasteiger partial charge in [-0.1, -0.05) is 0 Å². The average molecular weight is 229 g/mol.